The van der Waals surface area contributed by atoms with Gasteiger partial charge in [-0.05, 0) is 30.4 Å². The average Bonchev–Trinajstić information content (AvgIpc) is 3.50. The van der Waals surface area contributed by atoms with E-state index in [0.29, 0.717) is 35.9 Å². The van der Waals surface area contributed by atoms with Crippen molar-refractivity contribution in [2.45, 2.75) is 57.9 Å². The molecule has 178 valence electrons. The minimum atomic E-state index is -3.85. The molecule has 1 aliphatic rings. The number of hydrogen-bond donors (Lipinski definition) is 1. The molecule has 1 aromatic carbocycles. The number of nitrogens with one attached hydrogen (secondary N) is 1. The summed E-state index contributed by atoms with van der Waals surface area (Å²) in [6.07, 6.45) is 0.906. The molecule has 3 aromatic rings. The zero-order valence-electron chi connectivity index (χ0n) is 18.4. The first-order valence-corrected chi connectivity index (χ1v) is 12.5. The van der Waals surface area contributed by atoms with E-state index >= 15 is 0 Å². The van der Waals surface area contributed by atoms with Crippen molar-refractivity contribution in [3.63, 3.8) is 0 Å². The molecule has 0 spiro atoms. The van der Waals surface area contributed by atoms with Crippen LogP contribution in [0.4, 0.5) is 13.2 Å². The van der Waals surface area contributed by atoms with Gasteiger partial charge in [0.05, 0.1) is 10.3 Å². The van der Waals surface area contributed by atoms with E-state index in [1.54, 1.807) is 24.4 Å². The molecule has 1 atom stereocenters. The van der Waals surface area contributed by atoms with E-state index in [9.17, 15) is 21.6 Å². The van der Waals surface area contributed by atoms with Gasteiger partial charge in [0.25, 0.3) is 6.43 Å². The highest BCUT2D eigenvalue weighted by atomic mass is 35.5. The van der Waals surface area contributed by atoms with E-state index in [0.717, 1.165) is 6.07 Å². The van der Waals surface area contributed by atoms with Crippen LogP contribution in [0.3, 0.4) is 0 Å². The predicted molar refractivity (Wildman–Crippen MR) is 123 cm³/mol. The van der Waals surface area contributed by atoms with Crippen molar-refractivity contribution in [3.8, 4) is 11.3 Å². The number of benzene rings is 1. The molecule has 2 aromatic heterocycles. The van der Waals surface area contributed by atoms with Crippen LogP contribution in [0.2, 0.25) is 5.02 Å². The van der Waals surface area contributed by atoms with Crippen molar-refractivity contribution < 1.29 is 21.6 Å². The molecule has 2 heterocycles. The third-order valence-electron chi connectivity index (χ3n) is 5.48. The van der Waals surface area contributed by atoms with Gasteiger partial charge in [-0.3, -0.25) is 4.98 Å². The summed E-state index contributed by atoms with van der Waals surface area (Å²) in [5.41, 5.74) is 1.13. The topological polar surface area (TPSA) is 64.0 Å². The highest BCUT2D eigenvalue weighted by Gasteiger charge is 2.40. The second-order valence-corrected chi connectivity index (χ2v) is 12.1. The molecular weight excluding hydrogens is 475 g/mol. The average molecular weight is 500 g/mol. The maximum atomic E-state index is 14.5. The molecule has 1 N–H and O–H groups in total. The van der Waals surface area contributed by atoms with Crippen molar-refractivity contribution in [1.82, 2.24) is 14.3 Å². The van der Waals surface area contributed by atoms with Gasteiger partial charge in [-0.1, -0.05) is 44.5 Å². The first kappa shape index (κ1) is 24.0. The number of fused-ring (bicyclic) bond motifs is 1. The normalized spacial score (nSPS) is 16.0. The zero-order valence-corrected chi connectivity index (χ0v) is 20.0. The van der Waals surface area contributed by atoms with Crippen LogP contribution in [0.15, 0.2) is 36.7 Å². The Bertz CT molecular complexity index is 1300. The van der Waals surface area contributed by atoms with E-state index in [-0.39, 0.29) is 21.7 Å². The lowest BCUT2D eigenvalue weighted by atomic mass is 9.97. The predicted octanol–water partition coefficient (Wildman–Crippen LogP) is 5.93. The molecule has 4 rings (SSSR count). The van der Waals surface area contributed by atoms with Crippen LogP contribution in [0.5, 0.6) is 0 Å². The van der Waals surface area contributed by atoms with Crippen LogP contribution in [-0.2, 0) is 16.6 Å². The Morgan fingerprint density at radius 2 is 1.94 bits per heavy atom. The highest BCUT2D eigenvalue weighted by molar-refractivity contribution is 7.90. The van der Waals surface area contributed by atoms with Gasteiger partial charge in [0.2, 0.25) is 10.0 Å². The fraction of sp³-hybridized carbons (Fsp3) is 0.435. The molecule has 10 heteroatoms. The van der Waals surface area contributed by atoms with Crippen molar-refractivity contribution in [3.05, 3.63) is 53.1 Å². The molecule has 0 bridgehead atoms. The summed E-state index contributed by atoms with van der Waals surface area (Å²) in [7, 11) is -3.85. The van der Waals surface area contributed by atoms with Crippen molar-refractivity contribution >= 4 is 32.5 Å². The van der Waals surface area contributed by atoms with E-state index in [2.05, 4.69) is 9.71 Å². The number of sulfonamides is 1. The monoisotopic (exact) mass is 499 g/mol. The standard InChI is InChI=1S/C23H25ClF3N3O2S/c1-23(2,3)12-30-11-17(21(22(26)27)29-33(31,32)15-5-6-15)16-7-4-13(8-19(16)30)20-18(25)9-14(24)10-28-20/h4,7-11,15,21-22,29H,5-6,12H2,1-3H3. The summed E-state index contributed by atoms with van der Waals surface area (Å²) in [4.78, 5) is 4.08. The van der Waals surface area contributed by atoms with E-state index < -0.39 is 33.6 Å². The number of pyridine rings is 1. The smallest absolute Gasteiger partial charge is 0.258 e. The summed E-state index contributed by atoms with van der Waals surface area (Å²) in [5, 5.41) is 0.0202. The van der Waals surface area contributed by atoms with Crippen LogP contribution in [0.25, 0.3) is 22.2 Å². The lowest BCUT2D eigenvalue weighted by Crippen LogP contribution is -2.35. The summed E-state index contributed by atoms with van der Waals surface area (Å²) >= 11 is 5.81. The largest absolute Gasteiger partial charge is 0.347 e. The number of alkyl halides is 2. The van der Waals surface area contributed by atoms with Crippen LogP contribution in [0, 0.1) is 11.2 Å². The fourth-order valence-corrected chi connectivity index (χ4v) is 5.56. The lowest BCUT2D eigenvalue weighted by Gasteiger charge is -2.20. The SMILES string of the molecule is CC(C)(C)Cn1cc(C(NS(=O)(=O)C2CC2)C(F)F)c2ccc(-c3ncc(Cl)cc3F)cc21. The van der Waals surface area contributed by atoms with Crippen molar-refractivity contribution in [2.75, 3.05) is 0 Å². The Balaban J connectivity index is 1.86. The Hall–Kier alpha value is -2.10. The maximum Gasteiger partial charge on any atom is 0.258 e. The van der Waals surface area contributed by atoms with Crippen LogP contribution in [0.1, 0.15) is 45.2 Å². The van der Waals surface area contributed by atoms with E-state index in [1.807, 2.05) is 25.3 Å². The summed E-state index contributed by atoms with van der Waals surface area (Å²) in [6.45, 7) is 6.49. The number of rotatable bonds is 7. The number of nitrogens with zero attached hydrogens (tertiary/aromatic N) is 2. The Morgan fingerprint density at radius 3 is 2.52 bits per heavy atom. The van der Waals surface area contributed by atoms with Gasteiger partial charge in [0.15, 0.2) is 5.82 Å². The van der Waals surface area contributed by atoms with Crippen molar-refractivity contribution in [2.24, 2.45) is 5.41 Å². The highest BCUT2D eigenvalue weighted by Crippen LogP contribution is 2.37. The summed E-state index contributed by atoms with van der Waals surface area (Å²) in [5.74, 6) is -0.598. The van der Waals surface area contributed by atoms with Gasteiger partial charge in [0.1, 0.15) is 11.7 Å². The third-order valence-corrected chi connectivity index (χ3v) is 7.62. The minimum Gasteiger partial charge on any atom is -0.347 e. The fourth-order valence-electron chi connectivity index (χ4n) is 3.89. The molecule has 0 amide bonds. The summed E-state index contributed by atoms with van der Waals surface area (Å²) < 4.78 is 71.6. The number of aromatic nitrogens is 2. The maximum absolute atomic E-state index is 14.5. The van der Waals surface area contributed by atoms with E-state index in [4.69, 9.17) is 11.6 Å². The van der Waals surface area contributed by atoms with Gasteiger partial charge < -0.3 is 4.57 Å². The second-order valence-electron chi connectivity index (χ2n) is 9.66. The van der Waals surface area contributed by atoms with Gasteiger partial charge in [0, 0.05) is 41.0 Å². The van der Waals surface area contributed by atoms with Crippen molar-refractivity contribution in [1.29, 1.82) is 0 Å². The molecule has 0 aliphatic heterocycles. The van der Waals surface area contributed by atoms with E-state index in [1.165, 1.54) is 6.20 Å². The molecular formula is C23H25ClF3N3O2S. The van der Waals surface area contributed by atoms with Gasteiger partial charge in [-0.2, -0.15) is 0 Å². The molecule has 1 unspecified atom stereocenters. The van der Waals surface area contributed by atoms with Crippen LogP contribution < -0.4 is 4.72 Å². The van der Waals surface area contributed by atoms with Crippen LogP contribution >= 0.6 is 11.6 Å². The van der Waals surface area contributed by atoms with Crippen LogP contribution in [-0.4, -0.2) is 29.6 Å². The first-order valence-electron chi connectivity index (χ1n) is 10.6. The molecule has 0 radical (unpaired) electrons. The number of halogens is 4. The molecule has 1 fully saturated rings. The summed E-state index contributed by atoms with van der Waals surface area (Å²) in [6, 6.07) is 4.35. The Morgan fingerprint density at radius 1 is 1.24 bits per heavy atom. The number of hydrogen-bond acceptors (Lipinski definition) is 3. The van der Waals surface area contributed by atoms with Gasteiger partial charge in [-0.25, -0.2) is 26.3 Å². The quantitative estimate of drug-likeness (QED) is 0.438. The molecule has 1 aliphatic carbocycles. The molecule has 5 nitrogen and oxygen atoms in total. The molecule has 0 saturated heterocycles. The Kier molecular flexibility index (Phi) is 6.26. The minimum absolute atomic E-state index is 0.0891. The Labute approximate surface area is 196 Å². The third kappa shape index (κ3) is 5.20. The lowest BCUT2D eigenvalue weighted by molar-refractivity contribution is 0.109. The molecule has 1 saturated carbocycles. The van der Waals surface area contributed by atoms with Gasteiger partial charge >= 0.3 is 0 Å². The van der Waals surface area contributed by atoms with Gasteiger partial charge in [-0.15, -0.1) is 0 Å². The second kappa shape index (κ2) is 8.60. The first-order chi connectivity index (χ1) is 15.4. The zero-order chi connectivity index (χ0) is 24.1. The molecule has 33 heavy (non-hydrogen) atoms.